The van der Waals surface area contributed by atoms with Crippen LogP contribution in [0.1, 0.15) is 20.8 Å². The van der Waals surface area contributed by atoms with Crippen LogP contribution in [0.2, 0.25) is 0 Å². The molecule has 0 amide bonds. The summed E-state index contributed by atoms with van der Waals surface area (Å²) in [6.07, 6.45) is 0. The van der Waals surface area contributed by atoms with E-state index in [0.29, 0.717) is 0 Å². The van der Waals surface area contributed by atoms with Crippen molar-refractivity contribution in [2.45, 2.75) is 26.3 Å². The van der Waals surface area contributed by atoms with E-state index in [9.17, 15) is 10.1 Å². The van der Waals surface area contributed by atoms with Crippen molar-refractivity contribution in [1.82, 2.24) is 4.90 Å². The van der Waals surface area contributed by atoms with Gasteiger partial charge < -0.3 is 10.6 Å². The fourth-order valence-corrected chi connectivity index (χ4v) is 2.54. The molecule has 1 aromatic rings. The summed E-state index contributed by atoms with van der Waals surface area (Å²) in [7, 11) is 0. The highest BCUT2D eigenvalue weighted by molar-refractivity contribution is 5.66. The predicted octanol–water partition coefficient (Wildman–Crippen LogP) is 2.10. The third-order valence-corrected chi connectivity index (χ3v) is 3.80. The lowest BCUT2D eigenvalue weighted by Gasteiger charge is -2.43. The highest BCUT2D eigenvalue weighted by atomic mass is 16.6. The van der Waals surface area contributed by atoms with Crippen LogP contribution in [0, 0.1) is 10.1 Å². The van der Waals surface area contributed by atoms with E-state index < -0.39 is 4.92 Å². The van der Waals surface area contributed by atoms with Crippen molar-refractivity contribution in [3.63, 3.8) is 0 Å². The molecule has 1 fully saturated rings. The van der Waals surface area contributed by atoms with E-state index in [-0.39, 0.29) is 16.9 Å². The summed E-state index contributed by atoms with van der Waals surface area (Å²) in [6, 6.07) is 4.97. The molecule has 0 bridgehead atoms. The molecule has 2 N–H and O–H groups in total. The van der Waals surface area contributed by atoms with Gasteiger partial charge in [-0.15, -0.1) is 0 Å². The average Bonchev–Trinajstić information content (AvgIpc) is 2.37. The second-order valence-electron chi connectivity index (χ2n) is 6.15. The summed E-state index contributed by atoms with van der Waals surface area (Å²) in [5.74, 6) is 0. The minimum absolute atomic E-state index is 0.0259. The lowest BCUT2D eigenvalue weighted by molar-refractivity contribution is -0.383. The zero-order valence-corrected chi connectivity index (χ0v) is 12.3. The number of nitrogens with zero attached hydrogens (tertiary/aromatic N) is 3. The lowest BCUT2D eigenvalue weighted by atomic mass is 10.0. The molecule has 6 heteroatoms. The number of piperazine rings is 1. The number of rotatable bonds is 2. The molecule has 1 aromatic carbocycles. The Bertz CT molecular complexity index is 502. The molecule has 20 heavy (non-hydrogen) atoms. The van der Waals surface area contributed by atoms with Gasteiger partial charge >= 0.3 is 0 Å². The predicted molar refractivity (Wildman–Crippen MR) is 81.0 cm³/mol. The molecule has 1 aliphatic rings. The first-order valence-electron chi connectivity index (χ1n) is 6.83. The highest BCUT2D eigenvalue weighted by Crippen LogP contribution is 2.28. The molecule has 6 nitrogen and oxygen atoms in total. The average molecular weight is 278 g/mol. The number of anilines is 2. The summed E-state index contributed by atoms with van der Waals surface area (Å²) in [5, 5.41) is 10.8. The molecular formula is C14H22N4O2. The van der Waals surface area contributed by atoms with Crippen molar-refractivity contribution in [2.24, 2.45) is 0 Å². The molecule has 2 rings (SSSR count). The molecule has 0 unspecified atom stereocenters. The standard InChI is InChI=1S/C14H22N4O2/c1-14(2,3)17-8-6-16(7-9-17)11-4-5-13(18(19)20)12(15)10-11/h4-5,10H,6-9,15H2,1-3H3. The van der Waals surface area contributed by atoms with Crippen LogP contribution in [0.4, 0.5) is 17.1 Å². The Morgan fingerprint density at radius 1 is 1.20 bits per heavy atom. The molecule has 0 radical (unpaired) electrons. The minimum Gasteiger partial charge on any atom is -0.393 e. The Labute approximate surface area is 119 Å². The molecule has 110 valence electrons. The van der Waals surface area contributed by atoms with Gasteiger partial charge in [0.25, 0.3) is 5.69 Å². The molecule has 1 aliphatic heterocycles. The summed E-state index contributed by atoms with van der Waals surface area (Å²) >= 11 is 0. The fourth-order valence-electron chi connectivity index (χ4n) is 2.54. The second kappa shape index (κ2) is 5.28. The lowest BCUT2D eigenvalue weighted by Crippen LogP contribution is -2.53. The maximum Gasteiger partial charge on any atom is 0.292 e. The molecule has 1 saturated heterocycles. The zero-order valence-electron chi connectivity index (χ0n) is 12.3. The van der Waals surface area contributed by atoms with Gasteiger partial charge in [-0.2, -0.15) is 0 Å². The summed E-state index contributed by atoms with van der Waals surface area (Å²) in [5.41, 5.74) is 7.09. The molecule has 1 heterocycles. The number of nitrogen functional groups attached to an aromatic ring is 1. The van der Waals surface area contributed by atoms with Crippen LogP contribution in [0.5, 0.6) is 0 Å². The van der Waals surface area contributed by atoms with E-state index in [1.165, 1.54) is 6.07 Å². The smallest absolute Gasteiger partial charge is 0.292 e. The van der Waals surface area contributed by atoms with Crippen molar-refractivity contribution in [2.75, 3.05) is 36.8 Å². The first-order chi connectivity index (χ1) is 9.29. The highest BCUT2D eigenvalue weighted by Gasteiger charge is 2.26. The number of nitrogens with two attached hydrogens (primary N) is 1. The van der Waals surface area contributed by atoms with Gasteiger partial charge in [-0.25, -0.2) is 0 Å². The van der Waals surface area contributed by atoms with Crippen molar-refractivity contribution in [1.29, 1.82) is 0 Å². The number of hydrogen-bond acceptors (Lipinski definition) is 5. The van der Waals surface area contributed by atoms with Crippen LogP contribution < -0.4 is 10.6 Å². The Balaban J connectivity index is 2.08. The topological polar surface area (TPSA) is 75.6 Å². The van der Waals surface area contributed by atoms with Gasteiger partial charge in [-0.1, -0.05) is 0 Å². The molecule has 0 aliphatic carbocycles. The van der Waals surface area contributed by atoms with E-state index in [2.05, 4.69) is 30.6 Å². The van der Waals surface area contributed by atoms with Crippen LogP contribution in [0.15, 0.2) is 18.2 Å². The first kappa shape index (κ1) is 14.6. The van der Waals surface area contributed by atoms with E-state index in [1.807, 2.05) is 0 Å². The maximum absolute atomic E-state index is 10.8. The van der Waals surface area contributed by atoms with Crippen LogP contribution >= 0.6 is 0 Å². The van der Waals surface area contributed by atoms with Gasteiger partial charge in [0.1, 0.15) is 5.69 Å². The Kier molecular flexibility index (Phi) is 3.85. The zero-order chi connectivity index (χ0) is 14.9. The van der Waals surface area contributed by atoms with Crippen molar-refractivity contribution >= 4 is 17.1 Å². The van der Waals surface area contributed by atoms with Gasteiger partial charge in [-0.3, -0.25) is 15.0 Å². The second-order valence-corrected chi connectivity index (χ2v) is 6.15. The van der Waals surface area contributed by atoms with E-state index >= 15 is 0 Å². The Morgan fingerprint density at radius 3 is 2.25 bits per heavy atom. The largest absolute Gasteiger partial charge is 0.393 e. The van der Waals surface area contributed by atoms with Gasteiger partial charge in [0.15, 0.2) is 0 Å². The third-order valence-electron chi connectivity index (χ3n) is 3.80. The van der Waals surface area contributed by atoms with Gasteiger partial charge in [-0.05, 0) is 32.9 Å². The van der Waals surface area contributed by atoms with Gasteiger partial charge in [0.05, 0.1) is 4.92 Å². The summed E-state index contributed by atoms with van der Waals surface area (Å²) < 4.78 is 0. The number of nitro groups is 1. The summed E-state index contributed by atoms with van der Waals surface area (Å²) in [6.45, 7) is 10.4. The van der Waals surface area contributed by atoms with Crippen LogP contribution in [0.25, 0.3) is 0 Å². The maximum atomic E-state index is 10.8. The Hall–Kier alpha value is -1.82. The van der Waals surface area contributed by atoms with Crippen LogP contribution in [0.3, 0.4) is 0 Å². The molecule has 0 aromatic heterocycles. The third kappa shape index (κ3) is 3.01. The van der Waals surface area contributed by atoms with Gasteiger partial charge in [0.2, 0.25) is 0 Å². The van der Waals surface area contributed by atoms with E-state index in [4.69, 9.17) is 5.73 Å². The molecule has 0 spiro atoms. The quantitative estimate of drug-likeness (QED) is 0.509. The molecular weight excluding hydrogens is 256 g/mol. The molecule has 0 atom stereocenters. The van der Waals surface area contributed by atoms with E-state index in [1.54, 1.807) is 12.1 Å². The van der Waals surface area contributed by atoms with Crippen molar-refractivity contribution in [3.8, 4) is 0 Å². The van der Waals surface area contributed by atoms with Crippen molar-refractivity contribution < 1.29 is 4.92 Å². The van der Waals surface area contributed by atoms with Gasteiger partial charge in [0, 0.05) is 43.5 Å². The number of benzene rings is 1. The summed E-state index contributed by atoms with van der Waals surface area (Å²) in [4.78, 5) is 15.0. The normalized spacial score (nSPS) is 17.2. The fraction of sp³-hybridized carbons (Fsp3) is 0.571. The van der Waals surface area contributed by atoms with Crippen molar-refractivity contribution in [3.05, 3.63) is 28.3 Å². The van der Waals surface area contributed by atoms with Crippen LogP contribution in [-0.2, 0) is 0 Å². The number of hydrogen-bond donors (Lipinski definition) is 1. The molecule has 0 saturated carbocycles. The minimum atomic E-state index is -0.448. The number of nitro benzene ring substituents is 1. The SMILES string of the molecule is CC(C)(C)N1CCN(c2ccc([N+](=O)[O-])c(N)c2)CC1. The van der Waals surface area contributed by atoms with Crippen LogP contribution in [-0.4, -0.2) is 41.5 Å². The van der Waals surface area contributed by atoms with E-state index in [0.717, 1.165) is 31.9 Å². The first-order valence-corrected chi connectivity index (χ1v) is 6.83. The Morgan fingerprint density at radius 2 is 1.80 bits per heavy atom. The monoisotopic (exact) mass is 278 g/mol.